The molecule has 1 amide bonds. The van der Waals surface area contributed by atoms with Gasteiger partial charge in [-0.05, 0) is 43.0 Å². The van der Waals surface area contributed by atoms with Gasteiger partial charge in [0.1, 0.15) is 0 Å². The molecule has 3 rings (SSSR count). The molecule has 25 heavy (non-hydrogen) atoms. The Balaban J connectivity index is 1.78. The number of nitrogens with zero attached hydrogens (tertiary/aromatic N) is 1. The van der Waals surface area contributed by atoms with Crippen molar-refractivity contribution in [3.63, 3.8) is 0 Å². The number of benzene rings is 2. The van der Waals surface area contributed by atoms with Gasteiger partial charge >= 0.3 is 0 Å². The van der Waals surface area contributed by atoms with E-state index in [0.29, 0.717) is 12.1 Å². The highest BCUT2D eigenvalue weighted by atomic mass is 19.1. The van der Waals surface area contributed by atoms with E-state index in [9.17, 15) is 9.18 Å². The van der Waals surface area contributed by atoms with Crippen molar-refractivity contribution in [3.8, 4) is 5.75 Å². The van der Waals surface area contributed by atoms with Crippen LogP contribution in [0.4, 0.5) is 4.39 Å². The van der Waals surface area contributed by atoms with Crippen LogP contribution in [0.1, 0.15) is 41.6 Å². The van der Waals surface area contributed by atoms with Crippen molar-refractivity contribution in [2.45, 2.75) is 38.1 Å². The van der Waals surface area contributed by atoms with Crippen LogP contribution in [-0.2, 0) is 6.42 Å². The fraction of sp³-hybridized carbons (Fsp3) is 0.381. The van der Waals surface area contributed by atoms with Crippen molar-refractivity contribution in [3.05, 3.63) is 65.5 Å². The molecule has 0 heterocycles. The molecule has 0 saturated heterocycles. The topological polar surface area (TPSA) is 29.5 Å². The third-order valence-corrected chi connectivity index (χ3v) is 4.91. The zero-order valence-corrected chi connectivity index (χ0v) is 14.6. The lowest BCUT2D eigenvalue weighted by molar-refractivity contribution is 0.0683. The highest BCUT2D eigenvalue weighted by Crippen LogP contribution is 2.26. The molecule has 0 aliphatic heterocycles. The van der Waals surface area contributed by atoms with Gasteiger partial charge in [-0.15, -0.1) is 0 Å². The molecule has 1 fully saturated rings. The summed E-state index contributed by atoms with van der Waals surface area (Å²) in [5.74, 6) is -0.430. The smallest absolute Gasteiger partial charge is 0.254 e. The van der Waals surface area contributed by atoms with Crippen molar-refractivity contribution in [2.75, 3.05) is 13.7 Å². The highest BCUT2D eigenvalue weighted by molar-refractivity contribution is 5.94. The fourth-order valence-corrected chi connectivity index (χ4v) is 3.53. The minimum Gasteiger partial charge on any atom is -0.494 e. The second-order valence-corrected chi connectivity index (χ2v) is 6.52. The molecule has 0 bridgehead atoms. The zero-order valence-electron chi connectivity index (χ0n) is 14.6. The molecule has 4 heteroatoms. The summed E-state index contributed by atoms with van der Waals surface area (Å²) in [6, 6.07) is 14.9. The summed E-state index contributed by atoms with van der Waals surface area (Å²) in [4.78, 5) is 15.0. The monoisotopic (exact) mass is 341 g/mol. The van der Waals surface area contributed by atoms with Crippen LogP contribution in [-0.4, -0.2) is 30.5 Å². The number of halogens is 1. The first-order valence-electron chi connectivity index (χ1n) is 8.87. The first-order valence-corrected chi connectivity index (χ1v) is 8.87. The van der Waals surface area contributed by atoms with Gasteiger partial charge in [0, 0.05) is 18.2 Å². The first-order chi connectivity index (χ1) is 12.2. The number of rotatable bonds is 6. The molecule has 2 aromatic carbocycles. The number of ether oxygens (including phenoxy) is 1. The van der Waals surface area contributed by atoms with Gasteiger partial charge < -0.3 is 9.64 Å². The van der Waals surface area contributed by atoms with Crippen molar-refractivity contribution in [1.82, 2.24) is 4.90 Å². The van der Waals surface area contributed by atoms with Crippen LogP contribution in [0.25, 0.3) is 0 Å². The summed E-state index contributed by atoms with van der Waals surface area (Å²) < 4.78 is 19.0. The van der Waals surface area contributed by atoms with Crippen LogP contribution in [0.2, 0.25) is 0 Å². The highest BCUT2D eigenvalue weighted by Gasteiger charge is 2.27. The van der Waals surface area contributed by atoms with E-state index >= 15 is 0 Å². The number of carbonyl (C=O) groups excluding carboxylic acids is 1. The predicted molar refractivity (Wildman–Crippen MR) is 96.4 cm³/mol. The van der Waals surface area contributed by atoms with Crippen LogP contribution < -0.4 is 4.74 Å². The maximum absolute atomic E-state index is 14.0. The Morgan fingerprint density at radius 1 is 1.16 bits per heavy atom. The maximum Gasteiger partial charge on any atom is 0.254 e. The largest absolute Gasteiger partial charge is 0.494 e. The summed E-state index contributed by atoms with van der Waals surface area (Å²) in [5, 5.41) is 0. The molecule has 0 spiro atoms. The summed E-state index contributed by atoms with van der Waals surface area (Å²) >= 11 is 0. The summed E-state index contributed by atoms with van der Waals surface area (Å²) in [7, 11) is 1.42. The number of hydrogen-bond donors (Lipinski definition) is 0. The van der Waals surface area contributed by atoms with Gasteiger partial charge in [-0.2, -0.15) is 0 Å². The van der Waals surface area contributed by atoms with Gasteiger partial charge in [-0.1, -0.05) is 43.2 Å². The quantitative estimate of drug-likeness (QED) is 0.776. The van der Waals surface area contributed by atoms with Crippen LogP contribution in [0.15, 0.2) is 48.5 Å². The van der Waals surface area contributed by atoms with Crippen LogP contribution in [0.3, 0.4) is 0 Å². The van der Waals surface area contributed by atoms with E-state index in [2.05, 4.69) is 12.1 Å². The zero-order chi connectivity index (χ0) is 17.6. The molecule has 0 aromatic heterocycles. The Kier molecular flexibility index (Phi) is 5.69. The van der Waals surface area contributed by atoms with Gasteiger partial charge in [0.05, 0.1) is 7.11 Å². The second-order valence-electron chi connectivity index (χ2n) is 6.52. The molecule has 0 atom stereocenters. The van der Waals surface area contributed by atoms with Crippen LogP contribution >= 0.6 is 0 Å². The minimum absolute atomic E-state index is 0.0932. The third kappa shape index (κ3) is 4.19. The number of carbonyl (C=O) groups is 1. The van der Waals surface area contributed by atoms with Gasteiger partial charge in [-0.3, -0.25) is 4.79 Å². The standard InChI is InChI=1S/C21H24FNO2/c1-25-20-12-11-17(15-19(20)22)21(24)23(18-9-5-6-10-18)14-13-16-7-3-2-4-8-16/h2-4,7-8,11-12,15,18H,5-6,9-10,13-14H2,1H3. The van der Waals surface area contributed by atoms with Crippen molar-refractivity contribution in [1.29, 1.82) is 0 Å². The third-order valence-electron chi connectivity index (χ3n) is 4.91. The van der Waals surface area contributed by atoms with E-state index in [0.717, 1.165) is 32.1 Å². The molecule has 2 aromatic rings. The van der Waals surface area contributed by atoms with Crippen molar-refractivity contribution < 1.29 is 13.9 Å². The number of amides is 1. The summed E-state index contributed by atoms with van der Waals surface area (Å²) in [5.41, 5.74) is 1.59. The van der Waals surface area contributed by atoms with Crippen LogP contribution in [0, 0.1) is 5.82 Å². The summed E-state index contributed by atoms with van der Waals surface area (Å²) in [6.45, 7) is 0.654. The SMILES string of the molecule is COc1ccc(C(=O)N(CCc2ccccc2)C2CCCC2)cc1F. The molecule has 0 unspecified atom stereocenters. The molecule has 0 radical (unpaired) electrons. The number of methoxy groups -OCH3 is 1. The fourth-order valence-electron chi connectivity index (χ4n) is 3.53. The molecule has 3 nitrogen and oxygen atoms in total. The molecule has 132 valence electrons. The van der Waals surface area contributed by atoms with E-state index in [1.165, 1.54) is 24.8 Å². The van der Waals surface area contributed by atoms with E-state index < -0.39 is 5.82 Å². The van der Waals surface area contributed by atoms with E-state index in [4.69, 9.17) is 4.74 Å². The lowest BCUT2D eigenvalue weighted by Gasteiger charge is -2.29. The number of hydrogen-bond acceptors (Lipinski definition) is 2. The average molecular weight is 341 g/mol. The molecule has 1 aliphatic carbocycles. The lowest BCUT2D eigenvalue weighted by Crippen LogP contribution is -2.40. The molecule has 1 aliphatic rings. The Labute approximate surface area is 148 Å². The Morgan fingerprint density at radius 3 is 2.52 bits per heavy atom. The first kappa shape index (κ1) is 17.5. The maximum atomic E-state index is 14.0. The molecular weight excluding hydrogens is 317 g/mol. The van der Waals surface area contributed by atoms with Gasteiger partial charge in [-0.25, -0.2) is 4.39 Å². The molecule has 0 N–H and O–H groups in total. The van der Waals surface area contributed by atoms with Crippen LogP contribution in [0.5, 0.6) is 5.75 Å². The van der Waals surface area contributed by atoms with Gasteiger partial charge in [0.2, 0.25) is 0 Å². The lowest BCUT2D eigenvalue weighted by atomic mass is 10.1. The molecule has 1 saturated carbocycles. The predicted octanol–water partition coefficient (Wildman–Crippen LogP) is 4.46. The Hall–Kier alpha value is -2.36. The van der Waals surface area contributed by atoms with E-state index in [1.807, 2.05) is 23.1 Å². The molecular formula is C21H24FNO2. The summed E-state index contributed by atoms with van der Waals surface area (Å²) in [6.07, 6.45) is 5.16. The van der Waals surface area contributed by atoms with E-state index in [1.54, 1.807) is 6.07 Å². The van der Waals surface area contributed by atoms with Gasteiger partial charge in [0.15, 0.2) is 11.6 Å². The Morgan fingerprint density at radius 2 is 1.88 bits per heavy atom. The van der Waals surface area contributed by atoms with E-state index in [-0.39, 0.29) is 17.7 Å². The van der Waals surface area contributed by atoms with Crippen molar-refractivity contribution >= 4 is 5.91 Å². The van der Waals surface area contributed by atoms with Gasteiger partial charge in [0.25, 0.3) is 5.91 Å². The average Bonchev–Trinajstić information content (AvgIpc) is 3.17. The normalized spacial score (nSPS) is 14.5. The Bertz CT molecular complexity index is 711. The second kappa shape index (κ2) is 8.15. The van der Waals surface area contributed by atoms with Crippen molar-refractivity contribution in [2.24, 2.45) is 0 Å². The minimum atomic E-state index is -0.497.